The minimum atomic E-state index is -0.363. The zero-order chi connectivity index (χ0) is 12.0. The molecule has 0 amide bonds. The molecule has 1 aromatic carbocycles. The third-order valence-electron chi connectivity index (χ3n) is 2.10. The highest BCUT2D eigenvalue weighted by molar-refractivity contribution is 9.10. The summed E-state index contributed by atoms with van der Waals surface area (Å²) < 4.78 is 18.3. The highest BCUT2D eigenvalue weighted by Gasteiger charge is 2.08. The van der Waals surface area contributed by atoms with Gasteiger partial charge in [-0.2, -0.15) is 0 Å². The van der Waals surface area contributed by atoms with E-state index in [0.717, 1.165) is 19.3 Å². The Bertz CT molecular complexity index is 366. The van der Waals surface area contributed by atoms with E-state index >= 15 is 0 Å². The summed E-state index contributed by atoms with van der Waals surface area (Å²) in [6.07, 6.45) is 3.30. The minimum absolute atomic E-state index is 0.277. The maximum Gasteiger partial charge on any atom is 0.311 e. The molecule has 0 aromatic heterocycles. The number of halogens is 2. The predicted molar refractivity (Wildman–Crippen MR) is 63.9 cm³/mol. The van der Waals surface area contributed by atoms with Gasteiger partial charge in [-0.1, -0.05) is 19.8 Å². The zero-order valence-electron chi connectivity index (χ0n) is 9.13. The molecular weight excluding hydrogens is 275 g/mol. The molecule has 88 valence electrons. The van der Waals surface area contributed by atoms with Crippen molar-refractivity contribution in [3.05, 3.63) is 28.5 Å². The molecule has 1 aromatic rings. The fourth-order valence-electron chi connectivity index (χ4n) is 1.25. The largest absolute Gasteiger partial charge is 0.425 e. The van der Waals surface area contributed by atoms with Gasteiger partial charge in [-0.3, -0.25) is 4.79 Å². The van der Waals surface area contributed by atoms with Crippen LogP contribution in [0.2, 0.25) is 0 Å². The summed E-state index contributed by atoms with van der Waals surface area (Å²) in [6.45, 7) is 2.07. The molecule has 0 bridgehead atoms. The fraction of sp³-hybridized carbons (Fsp3) is 0.417. The Kier molecular flexibility index (Phi) is 5.46. The zero-order valence-corrected chi connectivity index (χ0v) is 10.7. The molecule has 4 heteroatoms. The van der Waals surface area contributed by atoms with Gasteiger partial charge in [-0.05, 0) is 40.5 Å². The van der Waals surface area contributed by atoms with Crippen molar-refractivity contribution in [1.29, 1.82) is 0 Å². The molecule has 0 N–H and O–H groups in total. The maximum atomic E-state index is 12.8. The van der Waals surface area contributed by atoms with Crippen LogP contribution in [-0.4, -0.2) is 5.97 Å². The fourth-order valence-corrected chi connectivity index (χ4v) is 1.68. The normalized spacial score (nSPS) is 10.2. The first kappa shape index (κ1) is 13.2. The van der Waals surface area contributed by atoms with Crippen LogP contribution in [-0.2, 0) is 4.79 Å². The summed E-state index contributed by atoms with van der Waals surface area (Å²) in [6, 6.07) is 3.98. The van der Waals surface area contributed by atoms with Gasteiger partial charge in [0.15, 0.2) is 0 Å². The van der Waals surface area contributed by atoms with E-state index < -0.39 is 0 Å². The molecule has 1 rings (SSSR count). The van der Waals surface area contributed by atoms with E-state index in [1.807, 2.05) is 0 Å². The molecule has 0 saturated carbocycles. The molecule has 0 heterocycles. The Morgan fingerprint density at radius 2 is 2.19 bits per heavy atom. The number of hydrogen-bond donors (Lipinski definition) is 0. The van der Waals surface area contributed by atoms with E-state index in [1.54, 1.807) is 0 Å². The van der Waals surface area contributed by atoms with Gasteiger partial charge in [-0.25, -0.2) is 4.39 Å². The number of ether oxygens (including phenoxy) is 1. The average Bonchev–Trinajstić information content (AvgIpc) is 2.23. The summed E-state index contributed by atoms with van der Waals surface area (Å²) in [5, 5.41) is 0. The van der Waals surface area contributed by atoms with Crippen molar-refractivity contribution >= 4 is 21.9 Å². The molecular formula is C12H14BrFO2. The number of esters is 1. The Labute approximate surface area is 103 Å². The number of carbonyl (C=O) groups excluding carboxylic acids is 1. The second-order valence-electron chi connectivity index (χ2n) is 3.51. The third kappa shape index (κ3) is 4.31. The highest BCUT2D eigenvalue weighted by Crippen LogP contribution is 2.25. The molecule has 0 aliphatic heterocycles. The lowest BCUT2D eigenvalue weighted by molar-refractivity contribution is -0.134. The van der Waals surface area contributed by atoms with Gasteiger partial charge >= 0.3 is 5.97 Å². The number of unbranched alkanes of at least 4 members (excludes halogenated alkanes) is 2. The smallest absolute Gasteiger partial charge is 0.311 e. The summed E-state index contributed by atoms with van der Waals surface area (Å²) in [4.78, 5) is 11.4. The molecule has 0 aliphatic rings. The quantitative estimate of drug-likeness (QED) is 0.464. The van der Waals surface area contributed by atoms with Gasteiger partial charge in [-0.15, -0.1) is 0 Å². The molecule has 0 radical (unpaired) electrons. The van der Waals surface area contributed by atoms with E-state index in [-0.39, 0.29) is 11.8 Å². The average molecular weight is 289 g/mol. The van der Waals surface area contributed by atoms with E-state index in [9.17, 15) is 9.18 Å². The van der Waals surface area contributed by atoms with Crippen LogP contribution in [0, 0.1) is 5.82 Å². The van der Waals surface area contributed by atoms with E-state index in [4.69, 9.17) is 4.74 Å². The van der Waals surface area contributed by atoms with Crippen LogP contribution in [0.25, 0.3) is 0 Å². The van der Waals surface area contributed by atoms with Crippen molar-refractivity contribution in [2.45, 2.75) is 32.6 Å². The molecule has 0 fully saturated rings. The summed E-state index contributed by atoms with van der Waals surface area (Å²) in [7, 11) is 0. The molecule has 0 aliphatic carbocycles. The molecule has 0 atom stereocenters. The molecule has 16 heavy (non-hydrogen) atoms. The van der Waals surface area contributed by atoms with E-state index in [2.05, 4.69) is 22.9 Å². The Morgan fingerprint density at radius 3 is 2.81 bits per heavy atom. The van der Waals surface area contributed by atoms with Crippen molar-refractivity contribution in [2.24, 2.45) is 0 Å². The van der Waals surface area contributed by atoms with Gasteiger partial charge in [0.2, 0.25) is 0 Å². The topological polar surface area (TPSA) is 26.3 Å². The number of benzene rings is 1. The van der Waals surface area contributed by atoms with Crippen LogP contribution in [0.1, 0.15) is 32.6 Å². The van der Waals surface area contributed by atoms with Gasteiger partial charge in [0, 0.05) is 6.42 Å². The second-order valence-corrected chi connectivity index (χ2v) is 4.36. The Hall–Kier alpha value is -0.900. The van der Waals surface area contributed by atoms with Crippen LogP contribution >= 0.6 is 15.9 Å². The first-order valence-electron chi connectivity index (χ1n) is 5.29. The van der Waals surface area contributed by atoms with Gasteiger partial charge < -0.3 is 4.74 Å². The van der Waals surface area contributed by atoms with Gasteiger partial charge in [0.1, 0.15) is 11.6 Å². The lowest BCUT2D eigenvalue weighted by Gasteiger charge is -2.05. The lowest BCUT2D eigenvalue weighted by Crippen LogP contribution is -2.07. The van der Waals surface area contributed by atoms with E-state index in [1.165, 1.54) is 18.2 Å². The molecule has 2 nitrogen and oxygen atoms in total. The van der Waals surface area contributed by atoms with Crippen LogP contribution in [0.3, 0.4) is 0 Å². The van der Waals surface area contributed by atoms with E-state index in [0.29, 0.717) is 16.6 Å². The van der Waals surface area contributed by atoms with Gasteiger partial charge in [0.25, 0.3) is 0 Å². The standard InChI is InChI=1S/C12H14BrFO2/c1-2-3-4-5-12(15)16-11-7-6-9(14)8-10(11)13/h6-8H,2-5H2,1H3. The van der Waals surface area contributed by atoms with Crippen LogP contribution in [0.4, 0.5) is 4.39 Å². The van der Waals surface area contributed by atoms with Crippen LogP contribution in [0.15, 0.2) is 22.7 Å². The highest BCUT2D eigenvalue weighted by atomic mass is 79.9. The third-order valence-corrected chi connectivity index (χ3v) is 2.72. The van der Waals surface area contributed by atoms with Crippen LogP contribution < -0.4 is 4.74 Å². The van der Waals surface area contributed by atoms with Crippen molar-refractivity contribution in [3.8, 4) is 5.75 Å². The monoisotopic (exact) mass is 288 g/mol. The van der Waals surface area contributed by atoms with Crippen molar-refractivity contribution in [3.63, 3.8) is 0 Å². The Balaban J connectivity index is 2.49. The van der Waals surface area contributed by atoms with Crippen LogP contribution in [0.5, 0.6) is 5.75 Å². The van der Waals surface area contributed by atoms with Crippen molar-refractivity contribution < 1.29 is 13.9 Å². The predicted octanol–water partition coefficient (Wildman–Crippen LogP) is 4.07. The number of rotatable bonds is 5. The first-order chi connectivity index (χ1) is 7.63. The second kappa shape index (κ2) is 6.63. The summed E-state index contributed by atoms with van der Waals surface area (Å²) >= 11 is 3.14. The lowest BCUT2D eigenvalue weighted by atomic mass is 10.2. The summed E-state index contributed by atoms with van der Waals surface area (Å²) in [5.41, 5.74) is 0. The molecule has 0 unspecified atom stereocenters. The Morgan fingerprint density at radius 1 is 1.44 bits per heavy atom. The number of carbonyl (C=O) groups is 1. The van der Waals surface area contributed by atoms with Gasteiger partial charge in [0.05, 0.1) is 4.47 Å². The minimum Gasteiger partial charge on any atom is -0.425 e. The molecule has 0 spiro atoms. The van der Waals surface area contributed by atoms with Crippen molar-refractivity contribution in [1.82, 2.24) is 0 Å². The van der Waals surface area contributed by atoms with Crippen molar-refractivity contribution in [2.75, 3.05) is 0 Å². The SMILES string of the molecule is CCCCCC(=O)Oc1ccc(F)cc1Br. The maximum absolute atomic E-state index is 12.8. The summed E-state index contributed by atoms with van der Waals surface area (Å²) in [5.74, 6) is -0.277. The molecule has 0 saturated heterocycles. The first-order valence-corrected chi connectivity index (χ1v) is 6.08. The number of hydrogen-bond acceptors (Lipinski definition) is 2.